The number of carboxylic acids is 1. The monoisotopic (exact) mass is 869 g/mol. The largest absolute Gasteiger partial charge is 0.480 e. The molecule has 3 heterocycles. The van der Waals surface area contributed by atoms with Crippen LogP contribution in [0.2, 0.25) is 0 Å². The van der Waals surface area contributed by atoms with Crippen molar-refractivity contribution >= 4 is 47.1 Å². The number of carboxylic acid groups (broad SMARTS) is 1. The van der Waals surface area contributed by atoms with E-state index in [-0.39, 0.29) is 61.9 Å². The fourth-order valence-electron chi connectivity index (χ4n) is 7.64. The summed E-state index contributed by atoms with van der Waals surface area (Å²) in [7, 11) is 0. The maximum absolute atomic E-state index is 14.2. The van der Waals surface area contributed by atoms with E-state index in [0.29, 0.717) is 95.2 Å². The van der Waals surface area contributed by atoms with Gasteiger partial charge in [-0.05, 0) is 100 Å². The van der Waals surface area contributed by atoms with Crippen LogP contribution in [0.1, 0.15) is 87.4 Å². The SMILES string of the molecule is N#Cc1ccc(CCNC(=O)[C@@H]2CCCN2c2cc(N3CCC(CCCC(=O)N[C@@H](CCCNC(=N)N)C(=O)N[C@@H](CCCNC(=N)N)C(=O)O)CC3)cc(C(F)(F)F)n2)cc1. The highest BCUT2D eigenvalue weighted by Gasteiger charge is 2.37. The number of aliphatic carboxylic acids is 1. The Morgan fingerprint density at radius 3 is 2.13 bits per heavy atom. The number of nitrogens with one attached hydrogen (secondary N) is 7. The first-order valence-corrected chi connectivity index (χ1v) is 20.9. The first-order valence-electron chi connectivity index (χ1n) is 20.9. The van der Waals surface area contributed by atoms with Crippen molar-refractivity contribution in [1.29, 1.82) is 16.1 Å². The van der Waals surface area contributed by atoms with Crippen LogP contribution < -0.4 is 47.9 Å². The molecule has 2 saturated heterocycles. The molecule has 21 heteroatoms. The average Bonchev–Trinajstić information content (AvgIpc) is 3.73. The van der Waals surface area contributed by atoms with Crippen LogP contribution in [0.5, 0.6) is 0 Å². The molecule has 2 fully saturated rings. The van der Waals surface area contributed by atoms with Crippen molar-refractivity contribution in [2.45, 2.75) is 101 Å². The van der Waals surface area contributed by atoms with Crippen LogP contribution >= 0.6 is 0 Å². The number of rotatable bonds is 22. The number of carbonyl (C=O) groups excluding carboxylic acids is 3. The maximum Gasteiger partial charge on any atom is 0.433 e. The number of anilines is 2. The van der Waals surface area contributed by atoms with Gasteiger partial charge in [-0.25, -0.2) is 9.78 Å². The lowest BCUT2D eigenvalue weighted by molar-refractivity contribution is -0.142. The van der Waals surface area contributed by atoms with E-state index in [1.54, 1.807) is 23.1 Å². The number of guanidine groups is 2. The molecule has 1 aromatic heterocycles. The van der Waals surface area contributed by atoms with E-state index < -0.39 is 47.8 Å². The van der Waals surface area contributed by atoms with Gasteiger partial charge in [-0.15, -0.1) is 0 Å². The number of nitrogens with two attached hydrogens (primary N) is 2. The molecule has 12 N–H and O–H groups in total. The molecule has 0 bridgehead atoms. The lowest BCUT2D eigenvalue weighted by atomic mass is 9.91. The molecule has 0 radical (unpaired) electrons. The highest BCUT2D eigenvalue weighted by atomic mass is 19.4. The molecule has 3 amide bonds. The number of hydrogen-bond acceptors (Lipinski definition) is 10. The number of benzene rings is 1. The van der Waals surface area contributed by atoms with Gasteiger partial charge in [-0.1, -0.05) is 12.1 Å². The van der Waals surface area contributed by atoms with Gasteiger partial charge in [0, 0.05) is 57.4 Å². The van der Waals surface area contributed by atoms with Gasteiger partial charge >= 0.3 is 12.1 Å². The topological polar surface area (TPSA) is 292 Å². The van der Waals surface area contributed by atoms with Crippen molar-refractivity contribution in [3.8, 4) is 6.07 Å². The second kappa shape index (κ2) is 23.6. The Labute approximate surface area is 358 Å². The summed E-state index contributed by atoms with van der Waals surface area (Å²) < 4.78 is 42.6. The molecule has 0 unspecified atom stereocenters. The van der Waals surface area contributed by atoms with Gasteiger partial charge in [0.2, 0.25) is 17.7 Å². The van der Waals surface area contributed by atoms with Gasteiger partial charge in [0.1, 0.15) is 29.6 Å². The van der Waals surface area contributed by atoms with E-state index in [0.717, 1.165) is 11.6 Å². The van der Waals surface area contributed by atoms with Crippen molar-refractivity contribution in [2.75, 3.05) is 49.1 Å². The molecule has 0 aliphatic carbocycles. The standard InChI is InChI=1S/C41H58F3N13O5/c42-41(43,44)33-23-29(24-34(55-33)57-20-4-8-32(57)37(60)50-19-14-27-10-12-28(25-45)13-11-27)56-21-15-26(16-22-56)5-1-9-35(58)53-30(6-2-17-51-39(46)47)36(59)54-31(38(61)62)7-3-18-52-40(48)49/h10-13,23-24,26,30-32H,1-9,14-22H2,(H,50,60)(H,53,58)(H,54,59)(H,61,62)(H4,46,47,51)(H4,48,49,52)/t30-,31-,32-/m0/s1. The van der Waals surface area contributed by atoms with Crippen LogP contribution in [0.25, 0.3) is 0 Å². The molecule has 4 rings (SSSR count). The van der Waals surface area contributed by atoms with Crippen LogP contribution in [-0.2, 0) is 31.8 Å². The molecule has 0 saturated carbocycles. The number of carbonyl (C=O) groups is 4. The summed E-state index contributed by atoms with van der Waals surface area (Å²) in [5.41, 5.74) is 11.4. The van der Waals surface area contributed by atoms with Crippen molar-refractivity contribution in [3.63, 3.8) is 0 Å². The molecule has 62 heavy (non-hydrogen) atoms. The van der Waals surface area contributed by atoms with E-state index in [1.807, 2.05) is 17.0 Å². The minimum absolute atomic E-state index is 0.0554. The molecule has 2 aromatic rings. The molecule has 2 aliphatic heterocycles. The third kappa shape index (κ3) is 15.6. The quantitative estimate of drug-likeness (QED) is 0.0462. The van der Waals surface area contributed by atoms with E-state index in [4.69, 9.17) is 27.5 Å². The zero-order valence-corrected chi connectivity index (χ0v) is 34.7. The van der Waals surface area contributed by atoms with E-state index >= 15 is 0 Å². The molecule has 338 valence electrons. The fraction of sp³-hybridized carbons (Fsp3) is 0.561. The van der Waals surface area contributed by atoms with Gasteiger partial charge in [0.25, 0.3) is 0 Å². The Balaban J connectivity index is 1.30. The highest BCUT2D eigenvalue weighted by Crippen LogP contribution is 2.36. The fourth-order valence-corrected chi connectivity index (χ4v) is 7.64. The second-order valence-corrected chi connectivity index (χ2v) is 15.6. The van der Waals surface area contributed by atoms with Crippen LogP contribution in [-0.4, -0.2) is 103 Å². The third-order valence-electron chi connectivity index (χ3n) is 11.0. The number of hydrogen-bond donors (Lipinski definition) is 10. The van der Waals surface area contributed by atoms with Gasteiger partial charge in [-0.2, -0.15) is 18.4 Å². The number of halogens is 3. The van der Waals surface area contributed by atoms with Gasteiger partial charge in [-0.3, -0.25) is 25.2 Å². The third-order valence-corrected chi connectivity index (χ3v) is 11.0. The van der Waals surface area contributed by atoms with Gasteiger partial charge in [0.15, 0.2) is 11.9 Å². The lowest BCUT2D eigenvalue weighted by Gasteiger charge is -2.35. The van der Waals surface area contributed by atoms with Crippen LogP contribution in [0, 0.1) is 28.1 Å². The van der Waals surface area contributed by atoms with E-state index in [1.165, 1.54) is 0 Å². The Kier molecular flexibility index (Phi) is 18.4. The Hall–Kier alpha value is -6.33. The minimum Gasteiger partial charge on any atom is -0.480 e. The van der Waals surface area contributed by atoms with Crippen LogP contribution in [0.4, 0.5) is 24.7 Å². The first kappa shape index (κ1) is 48.3. The maximum atomic E-state index is 14.2. The molecule has 18 nitrogen and oxygen atoms in total. The second-order valence-electron chi connectivity index (χ2n) is 15.6. The Bertz CT molecular complexity index is 1900. The van der Waals surface area contributed by atoms with Crippen LogP contribution in [0.15, 0.2) is 36.4 Å². The minimum atomic E-state index is -4.71. The number of amides is 3. The van der Waals surface area contributed by atoms with Crippen molar-refractivity contribution in [3.05, 3.63) is 53.2 Å². The predicted molar refractivity (Wildman–Crippen MR) is 226 cm³/mol. The summed E-state index contributed by atoms with van der Waals surface area (Å²) in [6, 6.07) is 8.79. The lowest BCUT2D eigenvalue weighted by Crippen LogP contribution is -2.52. The summed E-state index contributed by atoms with van der Waals surface area (Å²) in [6.07, 6.45) is 0.342. The molecule has 1 aromatic carbocycles. The number of nitriles is 1. The summed E-state index contributed by atoms with van der Waals surface area (Å²) in [5, 5.41) is 46.6. The summed E-state index contributed by atoms with van der Waals surface area (Å²) >= 11 is 0. The smallest absolute Gasteiger partial charge is 0.433 e. The summed E-state index contributed by atoms with van der Waals surface area (Å²) in [5.74, 6) is -2.84. The summed E-state index contributed by atoms with van der Waals surface area (Å²) in [4.78, 5) is 58.9. The van der Waals surface area contributed by atoms with Gasteiger partial charge in [0.05, 0.1) is 11.6 Å². The number of pyridine rings is 1. The van der Waals surface area contributed by atoms with E-state index in [9.17, 15) is 37.5 Å². The number of aromatic nitrogens is 1. The van der Waals surface area contributed by atoms with Gasteiger partial charge < -0.3 is 53.0 Å². The number of piperidine rings is 1. The first-order chi connectivity index (χ1) is 29.5. The average molecular weight is 870 g/mol. The molecular formula is C41H58F3N13O5. The van der Waals surface area contributed by atoms with Crippen LogP contribution in [0.3, 0.4) is 0 Å². The van der Waals surface area contributed by atoms with Crippen molar-refractivity contribution in [2.24, 2.45) is 17.4 Å². The molecule has 2 aliphatic rings. The Morgan fingerprint density at radius 1 is 0.887 bits per heavy atom. The predicted octanol–water partition coefficient (Wildman–Crippen LogP) is 2.27. The van der Waals surface area contributed by atoms with E-state index in [2.05, 4.69) is 37.6 Å². The normalized spacial score (nSPS) is 16.4. The number of nitrogens with zero attached hydrogens (tertiary/aromatic N) is 4. The molecule has 0 spiro atoms. The highest BCUT2D eigenvalue weighted by molar-refractivity contribution is 5.90. The Morgan fingerprint density at radius 2 is 1.53 bits per heavy atom. The number of alkyl halides is 3. The zero-order valence-electron chi connectivity index (χ0n) is 34.7. The van der Waals surface area contributed by atoms with Crippen molar-refractivity contribution in [1.82, 2.24) is 31.6 Å². The molecular weight excluding hydrogens is 812 g/mol. The molecule has 3 atom stereocenters. The zero-order chi connectivity index (χ0) is 45.2. The summed E-state index contributed by atoms with van der Waals surface area (Å²) in [6.45, 7) is 2.15. The van der Waals surface area contributed by atoms with Crippen molar-refractivity contribution < 1.29 is 37.5 Å².